The van der Waals surface area contributed by atoms with Crippen LogP contribution >= 0.6 is 0 Å². The Morgan fingerprint density at radius 2 is 1.94 bits per heavy atom. The number of phenols is 1. The molecule has 7 nitrogen and oxygen atoms in total. The van der Waals surface area contributed by atoms with Crippen LogP contribution in [0, 0.1) is 5.92 Å². The van der Waals surface area contributed by atoms with E-state index < -0.39 is 5.60 Å². The summed E-state index contributed by atoms with van der Waals surface area (Å²) in [6, 6.07) is 13.3. The van der Waals surface area contributed by atoms with Gasteiger partial charge >= 0.3 is 0 Å². The Balaban J connectivity index is 1.59. The van der Waals surface area contributed by atoms with Gasteiger partial charge in [0, 0.05) is 36.7 Å². The second kappa shape index (κ2) is 8.00. The first-order valence-corrected chi connectivity index (χ1v) is 10.9. The van der Waals surface area contributed by atoms with E-state index >= 15 is 0 Å². The zero-order valence-electron chi connectivity index (χ0n) is 18.2. The summed E-state index contributed by atoms with van der Waals surface area (Å²) in [5, 5.41) is 29.1. The fraction of sp³-hybridized carbons (Fsp3) is 0.320. The van der Waals surface area contributed by atoms with Crippen LogP contribution in [0.15, 0.2) is 53.5 Å². The first-order valence-electron chi connectivity index (χ1n) is 10.9. The van der Waals surface area contributed by atoms with E-state index in [4.69, 9.17) is 9.97 Å². The maximum absolute atomic E-state index is 10.6. The first kappa shape index (κ1) is 20.6. The molecule has 1 aromatic heterocycles. The van der Waals surface area contributed by atoms with Gasteiger partial charge in [-0.15, -0.1) is 0 Å². The number of benzene rings is 2. The molecule has 2 aliphatic heterocycles. The highest BCUT2D eigenvalue weighted by molar-refractivity contribution is 6.11. The van der Waals surface area contributed by atoms with E-state index in [1.807, 2.05) is 62.5 Å². The van der Waals surface area contributed by atoms with Gasteiger partial charge < -0.3 is 20.8 Å². The minimum absolute atomic E-state index is 0.0148. The smallest absolute Gasteiger partial charge is 0.165 e. The van der Waals surface area contributed by atoms with Gasteiger partial charge in [0.2, 0.25) is 0 Å². The van der Waals surface area contributed by atoms with Gasteiger partial charge in [0.05, 0.1) is 23.2 Å². The molecule has 2 aliphatic rings. The fourth-order valence-corrected chi connectivity index (χ4v) is 4.50. The van der Waals surface area contributed by atoms with Gasteiger partial charge in [-0.1, -0.05) is 24.3 Å². The molecule has 164 valence electrons. The predicted molar refractivity (Wildman–Crippen MR) is 128 cm³/mol. The van der Waals surface area contributed by atoms with E-state index in [0.717, 1.165) is 35.1 Å². The van der Waals surface area contributed by atoms with Crippen molar-refractivity contribution >= 4 is 28.5 Å². The third-order valence-electron chi connectivity index (χ3n) is 6.26. The van der Waals surface area contributed by atoms with Crippen molar-refractivity contribution in [2.75, 3.05) is 25.0 Å². The van der Waals surface area contributed by atoms with Crippen molar-refractivity contribution in [3.05, 3.63) is 54.1 Å². The SMILES string of the molecule is CC(C)(O)[C@@H]1CNC[C@H]1Nc1nc(-c2cc(C3=CCN=C3)ccc2O)nc2ccccc12. The molecule has 3 heterocycles. The molecule has 0 saturated carbocycles. The van der Waals surface area contributed by atoms with Crippen molar-refractivity contribution in [3.63, 3.8) is 0 Å². The summed E-state index contributed by atoms with van der Waals surface area (Å²) in [6.45, 7) is 5.82. The van der Waals surface area contributed by atoms with Gasteiger partial charge in [-0.3, -0.25) is 4.99 Å². The molecule has 2 atom stereocenters. The molecule has 0 amide bonds. The molecule has 3 aromatic rings. The average Bonchev–Trinajstić information content (AvgIpc) is 3.46. The molecule has 1 fully saturated rings. The van der Waals surface area contributed by atoms with E-state index in [0.29, 0.717) is 23.8 Å². The number of hydrogen-bond donors (Lipinski definition) is 4. The Kier molecular flexibility index (Phi) is 5.15. The Morgan fingerprint density at radius 1 is 1.09 bits per heavy atom. The Labute approximate surface area is 187 Å². The number of anilines is 1. The number of para-hydroxylation sites is 1. The topological polar surface area (TPSA) is 103 Å². The highest BCUT2D eigenvalue weighted by atomic mass is 16.3. The second-order valence-corrected chi connectivity index (χ2v) is 8.97. The summed E-state index contributed by atoms with van der Waals surface area (Å²) in [5.74, 6) is 1.30. The summed E-state index contributed by atoms with van der Waals surface area (Å²) in [7, 11) is 0. The lowest BCUT2D eigenvalue weighted by molar-refractivity contribution is 0.0219. The maximum Gasteiger partial charge on any atom is 0.165 e. The maximum atomic E-state index is 10.6. The van der Waals surface area contributed by atoms with Gasteiger partial charge in [-0.2, -0.15) is 0 Å². The summed E-state index contributed by atoms with van der Waals surface area (Å²) < 4.78 is 0. The number of aliphatic hydroxyl groups is 1. The van der Waals surface area contributed by atoms with Crippen molar-refractivity contribution in [2.45, 2.75) is 25.5 Å². The van der Waals surface area contributed by atoms with Crippen LogP contribution in [-0.2, 0) is 0 Å². The zero-order valence-corrected chi connectivity index (χ0v) is 18.2. The molecule has 0 bridgehead atoms. The first-order chi connectivity index (χ1) is 15.4. The molecule has 0 spiro atoms. The van der Waals surface area contributed by atoms with Crippen molar-refractivity contribution in [3.8, 4) is 17.1 Å². The molecule has 0 unspecified atom stereocenters. The van der Waals surface area contributed by atoms with Crippen LogP contribution in [0.5, 0.6) is 5.75 Å². The van der Waals surface area contributed by atoms with Crippen LogP contribution in [0.4, 0.5) is 5.82 Å². The summed E-state index contributed by atoms with van der Waals surface area (Å²) in [6.07, 6.45) is 3.89. The molecule has 2 aromatic carbocycles. The summed E-state index contributed by atoms with van der Waals surface area (Å²) in [5.41, 5.74) is 2.52. The minimum Gasteiger partial charge on any atom is -0.507 e. The van der Waals surface area contributed by atoms with E-state index in [1.165, 1.54) is 0 Å². The number of hydrogen-bond acceptors (Lipinski definition) is 7. The van der Waals surface area contributed by atoms with Gasteiger partial charge in [0.1, 0.15) is 11.6 Å². The van der Waals surface area contributed by atoms with Crippen molar-refractivity contribution in [2.24, 2.45) is 10.9 Å². The monoisotopic (exact) mass is 429 g/mol. The second-order valence-electron chi connectivity index (χ2n) is 8.97. The summed E-state index contributed by atoms with van der Waals surface area (Å²) in [4.78, 5) is 13.8. The van der Waals surface area contributed by atoms with E-state index in [9.17, 15) is 10.2 Å². The van der Waals surface area contributed by atoms with Crippen LogP contribution in [0.2, 0.25) is 0 Å². The third-order valence-corrected chi connectivity index (χ3v) is 6.26. The number of nitrogens with one attached hydrogen (secondary N) is 2. The van der Waals surface area contributed by atoms with Crippen LogP contribution in [0.25, 0.3) is 27.9 Å². The number of phenolic OH excluding ortho intramolecular Hbond substituents is 1. The van der Waals surface area contributed by atoms with Gasteiger partial charge in [0.25, 0.3) is 0 Å². The number of nitrogens with zero attached hydrogens (tertiary/aromatic N) is 3. The largest absolute Gasteiger partial charge is 0.507 e. The number of aromatic hydroxyl groups is 1. The minimum atomic E-state index is -0.823. The molecule has 0 aliphatic carbocycles. The molecule has 5 rings (SSSR count). The quantitative estimate of drug-likeness (QED) is 0.497. The molecule has 7 heteroatoms. The number of rotatable bonds is 5. The number of fused-ring (bicyclic) bond motifs is 1. The lowest BCUT2D eigenvalue weighted by Gasteiger charge is -2.31. The Bertz CT molecular complexity index is 1230. The van der Waals surface area contributed by atoms with Crippen LogP contribution in [0.1, 0.15) is 19.4 Å². The highest BCUT2D eigenvalue weighted by Gasteiger charge is 2.38. The summed E-state index contributed by atoms with van der Waals surface area (Å²) >= 11 is 0. The zero-order chi connectivity index (χ0) is 22.3. The molecule has 0 radical (unpaired) electrons. The Hall–Kier alpha value is -3.29. The van der Waals surface area contributed by atoms with E-state index in [1.54, 1.807) is 6.07 Å². The van der Waals surface area contributed by atoms with Crippen molar-refractivity contribution in [1.29, 1.82) is 0 Å². The fourth-order valence-electron chi connectivity index (χ4n) is 4.50. The average molecular weight is 430 g/mol. The van der Waals surface area contributed by atoms with Gasteiger partial charge in [-0.05, 0) is 49.2 Å². The van der Waals surface area contributed by atoms with Gasteiger partial charge in [-0.25, -0.2) is 9.97 Å². The van der Waals surface area contributed by atoms with Crippen LogP contribution in [0.3, 0.4) is 0 Å². The van der Waals surface area contributed by atoms with Gasteiger partial charge in [0.15, 0.2) is 5.82 Å². The van der Waals surface area contributed by atoms with E-state index in [-0.39, 0.29) is 17.7 Å². The molecular formula is C25H27N5O2. The Morgan fingerprint density at radius 3 is 2.72 bits per heavy atom. The third kappa shape index (κ3) is 3.85. The number of allylic oxidation sites excluding steroid dienone is 1. The number of aliphatic imine (C=N–C) groups is 1. The predicted octanol–water partition coefficient (Wildman–Crippen LogP) is 3.24. The lowest BCUT2D eigenvalue weighted by Crippen LogP contribution is -2.42. The standard InChI is InChI=1S/C25H27N5O2/c1-25(2,32)19-13-27-14-21(19)29-23-17-5-3-4-6-20(17)28-24(30-23)18-11-15(7-8-22(18)31)16-9-10-26-12-16/h3-9,11-12,19,21,27,31-32H,10,13-14H2,1-2H3,(H,28,29,30)/t19-,21-/m1/s1. The van der Waals surface area contributed by atoms with Crippen LogP contribution < -0.4 is 10.6 Å². The lowest BCUT2D eigenvalue weighted by atomic mass is 9.87. The molecule has 32 heavy (non-hydrogen) atoms. The van der Waals surface area contributed by atoms with Crippen LogP contribution in [-0.4, -0.2) is 57.7 Å². The van der Waals surface area contributed by atoms with E-state index in [2.05, 4.69) is 15.6 Å². The van der Waals surface area contributed by atoms with Crippen molar-refractivity contribution in [1.82, 2.24) is 15.3 Å². The normalized spacial score (nSPS) is 20.7. The molecule has 1 saturated heterocycles. The molecule has 4 N–H and O–H groups in total. The number of aromatic nitrogens is 2. The molecular weight excluding hydrogens is 402 g/mol. The highest BCUT2D eigenvalue weighted by Crippen LogP contribution is 2.34. The van der Waals surface area contributed by atoms with Crippen molar-refractivity contribution < 1.29 is 10.2 Å².